The Morgan fingerprint density at radius 2 is 2.26 bits per heavy atom. The predicted molar refractivity (Wildman–Crippen MR) is 76.6 cm³/mol. The van der Waals surface area contributed by atoms with E-state index in [0.29, 0.717) is 12.5 Å². The Bertz CT molecular complexity index is 448. The summed E-state index contributed by atoms with van der Waals surface area (Å²) >= 11 is 0. The van der Waals surface area contributed by atoms with Crippen molar-refractivity contribution in [3.05, 3.63) is 29.8 Å². The van der Waals surface area contributed by atoms with Crippen molar-refractivity contribution in [1.82, 2.24) is 5.32 Å². The van der Waals surface area contributed by atoms with E-state index in [4.69, 9.17) is 5.11 Å². The van der Waals surface area contributed by atoms with E-state index < -0.39 is 5.97 Å². The van der Waals surface area contributed by atoms with Gasteiger partial charge in [-0.25, -0.2) is 0 Å². The summed E-state index contributed by atoms with van der Waals surface area (Å²) in [4.78, 5) is 13.0. The Hall–Kier alpha value is -1.55. The van der Waals surface area contributed by atoms with Crippen molar-refractivity contribution in [3.63, 3.8) is 0 Å². The van der Waals surface area contributed by atoms with Crippen molar-refractivity contribution < 1.29 is 9.90 Å². The van der Waals surface area contributed by atoms with Gasteiger partial charge in [-0.2, -0.15) is 0 Å². The van der Waals surface area contributed by atoms with Gasteiger partial charge in [-0.05, 0) is 38.0 Å². The molecule has 0 aliphatic carbocycles. The molecule has 2 unspecified atom stereocenters. The van der Waals surface area contributed by atoms with Crippen molar-refractivity contribution in [2.75, 3.05) is 18.0 Å². The lowest BCUT2D eigenvalue weighted by Crippen LogP contribution is -2.55. The van der Waals surface area contributed by atoms with Crippen LogP contribution in [0.2, 0.25) is 0 Å². The average Bonchev–Trinajstić information content (AvgIpc) is 2.36. The second kappa shape index (κ2) is 6.06. The van der Waals surface area contributed by atoms with Gasteiger partial charge in [0, 0.05) is 37.3 Å². The van der Waals surface area contributed by atoms with E-state index in [1.807, 2.05) is 0 Å². The first-order chi connectivity index (χ1) is 9.04. The number of anilines is 1. The van der Waals surface area contributed by atoms with Crippen molar-refractivity contribution in [3.8, 4) is 0 Å². The molecule has 4 heteroatoms. The minimum Gasteiger partial charge on any atom is -0.481 e. The highest BCUT2D eigenvalue weighted by molar-refractivity contribution is 5.66. The zero-order valence-corrected chi connectivity index (χ0v) is 11.6. The van der Waals surface area contributed by atoms with Gasteiger partial charge in [-0.1, -0.05) is 12.1 Å². The number of benzene rings is 1. The molecule has 0 saturated carbocycles. The molecule has 104 valence electrons. The molecule has 1 saturated heterocycles. The maximum Gasteiger partial charge on any atom is 0.303 e. The van der Waals surface area contributed by atoms with Crippen LogP contribution >= 0.6 is 0 Å². The molecule has 0 aromatic heterocycles. The van der Waals surface area contributed by atoms with E-state index in [-0.39, 0.29) is 12.5 Å². The molecular formula is C15H22N2O2. The van der Waals surface area contributed by atoms with Crippen LogP contribution in [-0.2, 0) is 4.79 Å². The van der Waals surface area contributed by atoms with E-state index >= 15 is 0 Å². The van der Waals surface area contributed by atoms with Crippen molar-refractivity contribution >= 4 is 11.7 Å². The van der Waals surface area contributed by atoms with Gasteiger partial charge < -0.3 is 15.3 Å². The molecule has 0 amide bonds. The minimum atomic E-state index is -0.720. The molecule has 4 nitrogen and oxygen atoms in total. The van der Waals surface area contributed by atoms with Crippen LogP contribution in [0.25, 0.3) is 0 Å². The number of hydrogen-bond donors (Lipinski definition) is 2. The fourth-order valence-corrected chi connectivity index (χ4v) is 2.69. The molecule has 2 atom stereocenters. The molecule has 2 N–H and O–H groups in total. The minimum absolute atomic E-state index is 0.228. The van der Waals surface area contributed by atoms with Crippen LogP contribution < -0.4 is 10.2 Å². The summed E-state index contributed by atoms with van der Waals surface area (Å²) in [6.45, 7) is 6.08. The molecule has 1 aromatic rings. The van der Waals surface area contributed by atoms with Crippen molar-refractivity contribution in [2.24, 2.45) is 0 Å². The third-order valence-electron chi connectivity index (χ3n) is 3.53. The monoisotopic (exact) mass is 262 g/mol. The lowest BCUT2D eigenvalue weighted by atomic mass is 10.0. The first-order valence-corrected chi connectivity index (χ1v) is 6.84. The summed E-state index contributed by atoms with van der Waals surface area (Å²) in [7, 11) is 0. The fraction of sp³-hybridized carbons (Fsp3) is 0.533. The number of nitrogens with one attached hydrogen (secondary N) is 1. The fourth-order valence-electron chi connectivity index (χ4n) is 2.69. The molecule has 2 rings (SSSR count). The number of carbonyl (C=O) groups is 1. The number of aryl methyl sites for hydroxylation is 1. The van der Waals surface area contributed by atoms with E-state index in [1.54, 1.807) is 0 Å². The van der Waals surface area contributed by atoms with Crippen LogP contribution in [0.15, 0.2) is 24.3 Å². The van der Waals surface area contributed by atoms with Crippen molar-refractivity contribution in [1.29, 1.82) is 0 Å². The van der Waals surface area contributed by atoms with E-state index in [2.05, 4.69) is 48.3 Å². The molecule has 1 fully saturated rings. The summed E-state index contributed by atoms with van der Waals surface area (Å²) in [6, 6.07) is 9.11. The lowest BCUT2D eigenvalue weighted by Gasteiger charge is -2.39. The Morgan fingerprint density at radius 3 is 2.95 bits per heavy atom. The van der Waals surface area contributed by atoms with Gasteiger partial charge in [0.2, 0.25) is 0 Å². The number of piperazine rings is 1. The zero-order valence-electron chi connectivity index (χ0n) is 11.6. The Morgan fingerprint density at radius 1 is 1.47 bits per heavy atom. The van der Waals surface area contributed by atoms with E-state index in [0.717, 1.165) is 13.1 Å². The summed E-state index contributed by atoms with van der Waals surface area (Å²) in [5, 5.41) is 12.3. The van der Waals surface area contributed by atoms with Crippen molar-refractivity contribution in [2.45, 2.75) is 38.8 Å². The number of rotatable bonds is 4. The van der Waals surface area contributed by atoms with Crippen LogP contribution in [0, 0.1) is 6.92 Å². The molecule has 1 aromatic carbocycles. The van der Waals surface area contributed by atoms with Crippen LogP contribution in [-0.4, -0.2) is 36.2 Å². The first-order valence-electron chi connectivity index (χ1n) is 6.84. The molecule has 0 spiro atoms. The standard InChI is InChI=1S/C15H22N2O2/c1-11-4-3-5-14(8-11)17-9-12(2)16-13(10-17)6-7-15(18)19/h3-5,8,12-13,16H,6-7,9-10H2,1-2H3,(H,18,19). The normalized spacial score (nSPS) is 23.4. The van der Waals surface area contributed by atoms with Gasteiger partial charge in [0.25, 0.3) is 0 Å². The number of carboxylic acids is 1. The number of hydrogen-bond acceptors (Lipinski definition) is 3. The second-order valence-corrected chi connectivity index (χ2v) is 5.44. The van der Waals surface area contributed by atoms with Crippen LogP contribution in [0.3, 0.4) is 0 Å². The highest BCUT2D eigenvalue weighted by atomic mass is 16.4. The van der Waals surface area contributed by atoms with Gasteiger partial charge in [-0.3, -0.25) is 4.79 Å². The largest absolute Gasteiger partial charge is 0.481 e. The Balaban J connectivity index is 2.03. The molecule has 0 radical (unpaired) electrons. The molecule has 0 bridgehead atoms. The van der Waals surface area contributed by atoms with Crippen LogP contribution in [0.5, 0.6) is 0 Å². The number of carboxylic acid groups (broad SMARTS) is 1. The summed E-state index contributed by atoms with van der Waals surface area (Å²) in [6.07, 6.45) is 0.911. The maximum atomic E-state index is 10.7. The second-order valence-electron chi connectivity index (χ2n) is 5.44. The predicted octanol–water partition coefficient (Wildman–Crippen LogP) is 2.03. The van der Waals surface area contributed by atoms with Gasteiger partial charge in [-0.15, -0.1) is 0 Å². The maximum absolute atomic E-state index is 10.7. The van der Waals surface area contributed by atoms with Gasteiger partial charge in [0.15, 0.2) is 0 Å². The number of nitrogens with zero attached hydrogens (tertiary/aromatic N) is 1. The van der Waals surface area contributed by atoms with Gasteiger partial charge >= 0.3 is 5.97 Å². The molecular weight excluding hydrogens is 240 g/mol. The van der Waals surface area contributed by atoms with E-state index in [1.165, 1.54) is 11.3 Å². The van der Waals surface area contributed by atoms with Crippen LogP contribution in [0.1, 0.15) is 25.3 Å². The SMILES string of the molecule is Cc1cccc(N2CC(C)NC(CCC(=O)O)C2)c1. The Labute approximate surface area is 114 Å². The van der Waals surface area contributed by atoms with Gasteiger partial charge in [0.05, 0.1) is 0 Å². The quantitative estimate of drug-likeness (QED) is 0.871. The topological polar surface area (TPSA) is 52.6 Å². The summed E-state index contributed by atoms with van der Waals surface area (Å²) < 4.78 is 0. The molecule has 1 heterocycles. The van der Waals surface area contributed by atoms with Gasteiger partial charge in [0.1, 0.15) is 0 Å². The highest BCUT2D eigenvalue weighted by Gasteiger charge is 2.24. The molecule has 1 aliphatic rings. The molecule has 19 heavy (non-hydrogen) atoms. The summed E-state index contributed by atoms with van der Waals surface area (Å²) in [5.41, 5.74) is 2.49. The zero-order chi connectivity index (χ0) is 13.8. The average molecular weight is 262 g/mol. The summed E-state index contributed by atoms with van der Waals surface area (Å²) in [5.74, 6) is -0.720. The lowest BCUT2D eigenvalue weighted by molar-refractivity contribution is -0.137. The third kappa shape index (κ3) is 3.96. The van der Waals surface area contributed by atoms with Crippen LogP contribution in [0.4, 0.5) is 5.69 Å². The van der Waals surface area contributed by atoms with E-state index in [9.17, 15) is 4.79 Å². The third-order valence-corrected chi connectivity index (χ3v) is 3.53. The highest BCUT2D eigenvalue weighted by Crippen LogP contribution is 2.20. The number of aliphatic carboxylic acids is 1. The Kier molecular flexibility index (Phi) is 4.43. The smallest absolute Gasteiger partial charge is 0.303 e. The first kappa shape index (κ1) is 13.9. The molecule has 1 aliphatic heterocycles.